The Morgan fingerprint density at radius 3 is 2.68 bits per heavy atom. The number of benzene rings is 1. The van der Waals surface area contributed by atoms with Gasteiger partial charge >= 0.3 is 0 Å². The third-order valence-corrected chi connectivity index (χ3v) is 4.17. The quantitative estimate of drug-likeness (QED) is 0.642. The summed E-state index contributed by atoms with van der Waals surface area (Å²) in [6.45, 7) is 3.86. The molecule has 0 bridgehead atoms. The minimum absolute atomic E-state index is 0.0672. The van der Waals surface area contributed by atoms with Crippen LogP contribution in [0.2, 0.25) is 5.15 Å². The predicted octanol–water partition coefficient (Wildman–Crippen LogP) is 3.25. The first-order valence-corrected chi connectivity index (χ1v) is 7.63. The number of halogens is 1. The normalized spacial score (nSPS) is 12.2. The van der Waals surface area contributed by atoms with Gasteiger partial charge in [0.25, 0.3) is 10.1 Å². The largest absolute Gasteiger partial charge is 0.300 e. The lowest BCUT2D eigenvalue weighted by atomic mass is 10.2. The molecule has 102 valence electrons. The Balaban J connectivity index is 2.47. The summed E-state index contributed by atoms with van der Waals surface area (Å²) in [4.78, 5) is 3.99. The van der Waals surface area contributed by atoms with Crippen LogP contribution in [0.1, 0.15) is 13.8 Å². The zero-order chi connectivity index (χ0) is 14.0. The van der Waals surface area contributed by atoms with Crippen molar-refractivity contribution in [3.05, 3.63) is 35.5 Å². The lowest BCUT2D eigenvalue weighted by Crippen LogP contribution is -2.12. The second-order valence-corrected chi connectivity index (χ2v) is 6.54. The highest BCUT2D eigenvalue weighted by Gasteiger charge is 2.21. The molecule has 0 saturated heterocycles. The van der Waals surface area contributed by atoms with Gasteiger partial charge in [0.2, 0.25) is 0 Å². The lowest BCUT2D eigenvalue weighted by Gasteiger charge is -2.09. The van der Waals surface area contributed by atoms with Crippen LogP contribution in [0.5, 0.6) is 0 Å². The van der Waals surface area contributed by atoms with Gasteiger partial charge in [0.1, 0.15) is 4.90 Å². The van der Waals surface area contributed by atoms with Crippen LogP contribution in [-0.2, 0) is 14.3 Å². The Hall–Kier alpha value is -1.17. The molecule has 1 heterocycles. The zero-order valence-corrected chi connectivity index (χ0v) is 12.2. The van der Waals surface area contributed by atoms with E-state index in [-0.39, 0.29) is 22.6 Å². The van der Waals surface area contributed by atoms with Gasteiger partial charge in [0.05, 0.1) is 12.1 Å². The fourth-order valence-electron chi connectivity index (χ4n) is 1.54. The summed E-state index contributed by atoms with van der Waals surface area (Å²) in [6, 6.07) is 8.66. The van der Waals surface area contributed by atoms with Crippen molar-refractivity contribution >= 4 is 32.6 Å². The topological polar surface area (TPSA) is 56.3 Å². The highest BCUT2D eigenvalue weighted by Crippen LogP contribution is 2.26. The van der Waals surface area contributed by atoms with Crippen LogP contribution < -0.4 is 0 Å². The predicted molar refractivity (Wildman–Crippen MR) is 74.7 cm³/mol. The van der Waals surface area contributed by atoms with E-state index in [4.69, 9.17) is 15.8 Å². The Morgan fingerprint density at radius 2 is 2.00 bits per heavy atom. The molecule has 19 heavy (non-hydrogen) atoms. The van der Waals surface area contributed by atoms with E-state index < -0.39 is 10.1 Å². The Bertz CT molecular complexity index is 698. The minimum atomic E-state index is -3.87. The van der Waals surface area contributed by atoms with Gasteiger partial charge in [-0.15, -0.1) is 0 Å². The molecule has 0 saturated carbocycles. The van der Waals surface area contributed by atoms with Crippen molar-refractivity contribution in [2.24, 2.45) is 5.92 Å². The first-order chi connectivity index (χ1) is 8.90. The van der Waals surface area contributed by atoms with Crippen molar-refractivity contribution in [3.63, 3.8) is 0 Å². The van der Waals surface area contributed by atoms with Crippen molar-refractivity contribution in [2.45, 2.75) is 18.7 Å². The zero-order valence-electron chi connectivity index (χ0n) is 10.6. The SMILES string of the molecule is CC(C)COS(=O)(=O)c1cc2ccccc2nc1Cl. The molecule has 0 spiro atoms. The first-order valence-electron chi connectivity index (χ1n) is 5.85. The number of pyridine rings is 1. The number of fused-ring (bicyclic) bond motifs is 1. The average molecular weight is 300 g/mol. The average Bonchev–Trinajstić information content (AvgIpc) is 2.35. The maximum Gasteiger partial charge on any atom is 0.300 e. The molecule has 2 rings (SSSR count). The van der Waals surface area contributed by atoms with E-state index in [0.717, 1.165) is 0 Å². The summed E-state index contributed by atoms with van der Waals surface area (Å²) in [5, 5.41) is 0.640. The van der Waals surface area contributed by atoms with Crippen molar-refractivity contribution in [1.29, 1.82) is 0 Å². The summed E-state index contributed by atoms with van der Waals surface area (Å²) < 4.78 is 29.1. The van der Waals surface area contributed by atoms with Crippen LogP contribution >= 0.6 is 11.6 Å². The maximum absolute atomic E-state index is 12.1. The van der Waals surface area contributed by atoms with Crippen LogP contribution in [0.4, 0.5) is 0 Å². The highest BCUT2D eigenvalue weighted by molar-refractivity contribution is 7.86. The van der Waals surface area contributed by atoms with E-state index in [1.165, 1.54) is 6.07 Å². The standard InChI is InChI=1S/C13H14ClNO3S/c1-9(2)8-18-19(16,17)12-7-10-5-3-4-6-11(10)15-13(12)14/h3-7,9H,8H2,1-2H3. The number of aromatic nitrogens is 1. The number of para-hydroxylation sites is 1. The van der Waals surface area contributed by atoms with E-state index in [2.05, 4.69) is 4.98 Å². The Kier molecular flexibility index (Phi) is 4.08. The second-order valence-electron chi connectivity index (χ2n) is 4.60. The summed E-state index contributed by atoms with van der Waals surface area (Å²) in [5.41, 5.74) is 0.648. The Labute approximate surface area is 117 Å². The number of hydrogen-bond acceptors (Lipinski definition) is 4. The number of hydrogen-bond donors (Lipinski definition) is 0. The molecule has 0 amide bonds. The molecular formula is C13H14ClNO3S. The molecule has 0 atom stereocenters. The molecular weight excluding hydrogens is 286 g/mol. The molecule has 6 heteroatoms. The molecule has 1 aromatic carbocycles. The van der Waals surface area contributed by atoms with Crippen molar-refractivity contribution < 1.29 is 12.6 Å². The molecule has 0 aliphatic heterocycles. The first kappa shape index (κ1) is 14.2. The Morgan fingerprint density at radius 1 is 1.32 bits per heavy atom. The van der Waals surface area contributed by atoms with Gasteiger partial charge in [-0.1, -0.05) is 43.6 Å². The molecule has 1 aromatic heterocycles. The molecule has 4 nitrogen and oxygen atoms in total. The van der Waals surface area contributed by atoms with Crippen molar-refractivity contribution in [3.8, 4) is 0 Å². The summed E-state index contributed by atoms with van der Waals surface area (Å²) in [6.07, 6.45) is 0. The van der Waals surface area contributed by atoms with Gasteiger partial charge in [0, 0.05) is 5.39 Å². The maximum atomic E-state index is 12.1. The third-order valence-electron chi connectivity index (χ3n) is 2.47. The van der Waals surface area contributed by atoms with E-state index in [1.807, 2.05) is 26.0 Å². The number of rotatable bonds is 4. The molecule has 0 radical (unpaired) electrons. The molecule has 0 N–H and O–H groups in total. The summed E-state index contributed by atoms with van der Waals surface area (Å²) in [7, 11) is -3.87. The minimum Gasteiger partial charge on any atom is -0.266 e. The third kappa shape index (κ3) is 3.23. The van der Waals surface area contributed by atoms with Gasteiger partial charge < -0.3 is 0 Å². The fraction of sp³-hybridized carbons (Fsp3) is 0.308. The smallest absolute Gasteiger partial charge is 0.266 e. The van der Waals surface area contributed by atoms with Gasteiger partial charge in [-0.05, 0) is 18.1 Å². The molecule has 0 fully saturated rings. The van der Waals surface area contributed by atoms with E-state index in [9.17, 15) is 8.42 Å². The summed E-state index contributed by atoms with van der Waals surface area (Å²) in [5.74, 6) is 0.113. The van der Waals surface area contributed by atoms with Crippen molar-refractivity contribution in [2.75, 3.05) is 6.61 Å². The highest BCUT2D eigenvalue weighted by atomic mass is 35.5. The summed E-state index contributed by atoms with van der Waals surface area (Å²) >= 11 is 5.93. The van der Waals surface area contributed by atoms with Crippen molar-refractivity contribution in [1.82, 2.24) is 4.98 Å². The van der Waals surface area contributed by atoms with Gasteiger partial charge in [-0.3, -0.25) is 4.18 Å². The fourth-order valence-corrected chi connectivity index (χ4v) is 3.07. The molecule has 2 aromatic rings. The van der Waals surface area contributed by atoms with Crippen LogP contribution in [0.3, 0.4) is 0 Å². The van der Waals surface area contributed by atoms with Crippen LogP contribution in [-0.4, -0.2) is 20.0 Å². The van der Waals surface area contributed by atoms with Crippen LogP contribution in [0, 0.1) is 5.92 Å². The molecule has 0 aliphatic carbocycles. The molecule has 0 unspecified atom stereocenters. The van der Waals surface area contributed by atoms with Gasteiger partial charge in [-0.2, -0.15) is 8.42 Å². The van der Waals surface area contributed by atoms with Gasteiger partial charge in [-0.25, -0.2) is 4.98 Å². The number of nitrogens with zero attached hydrogens (tertiary/aromatic N) is 1. The molecule has 0 aliphatic rings. The second kappa shape index (κ2) is 5.45. The van der Waals surface area contributed by atoms with E-state index >= 15 is 0 Å². The van der Waals surface area contributed by atoms with E-state index in [0.29, 0.717) is 10.9 Å². The van der Waals surface area contributed by atoms with E-state index in [1.54, 1.807) is 12.1 Å². The van der Waals surface area contributed by atoms with Gasteiger partial charge in [0.15, 0.2) is 5.15 Å². The monoisotopic (exact) mass is 299 g/mol. The van der Waals surface area contributed by atoms with Crippen LogP contribution in [0.25, 0.3) is 10.9 Å². The van der Waals surface area contributed by atoms with Crippen LogP contribution in [0.15, 0.2) is 35.2 Å². The lowest BCUT2D eigenvalue weighted by molar-refractivity contribution is 0.275.